The maximum atomic E-state index is 6.15. The summed E-state index contributed by atoms with van der Waals surface area (Å²) in [5.41, 5.74) is 7.83. The molecule has 1 aromatic carbocycles. The summed E-state index contributed by atoms with van der Waals surface area (Å²) in [5.74, 6) is 0.657. The molecule has 0 radical (unpaired) electrons. The Hall–Kier alpha value is -1.48. The number of rotatable bonds is 2. The predicted octanol–water partition coefficient (Wildman–Crippen LogP) is 3.04. The fourth-order valence-electron chi connectivity index (χ4n) is 1.79. The van der Waals surface area contributed by atoms with Crippen LogP contribution < -0.4 is 5.73 Å². The smallest absolute Gasteiger partial charge is 0.122 e. The highest BCUT2D eigenvalue weighted by Gasteiger charge is 2.14. The molecule has 1 aromatic heterocycles. The van der Waals surface area contributed by atoms with Gasteiger partial charge in [0.15, 0.2) is 0 Å². The van der Waals surface area contributed by atoms with E-state index in [1.807, 2.05) is 44.2 Å². The first-order valence-electron chi connectivity index (χ1n) is 5.15. The summed E-state index contributed by atoms with van der Waals surface area (Å²) >= 11 is 6.15. The highest BCUT2D eigenvalue weighted by atomic mass is 35.5. The van der Waals surface area contributed by atoms with E-state index in [4.69, 9.17) is 17.3 Å². The van der Waals surface area contributed by atoms with Crippen LogP contribution in [0.4, 0.5) is 5.82 Å². The predicted molar refractivity (Wildman–Crippen MR) is 66.6 cm³/mol. The summed E-state index contributed by atoms with van der Waals surface area (Å²) in [6, 6.07) is 9.64. The summed E-state index contributed by atoms with van der Waals surface area (Å²) in [6.07, 6.45) is 0. The van der Waals surface area contributed by atoms with Crippen molar-refractivity contribution in [3.05, 3.63) is 46.6 Å². The topological polar surface area (TPSA) is 43.8 Å². The molecule has 3 nitrogen and oxygen atoms in total. The molecule has 0 fully saturated rings. The fourth-order valence-corrected chi connectivity index (χ4v) is 2.09. The van der Waals surface area contributed by atoms with Crippen LogP contribution in [0, 0.1) is 6.92 Å². The van der Waals surface area contributed by atoms with E-state index in [9.17, 15) is 0 Å². The molecule has 2 aromatic rings. The van der Waals surface area contributed by atoms with Gasteiger partial charge in [-0.1, -0.05) is 29.8 Å². The number of aryl methyl sites for hydroxylation is 1. The third-order valence-corrected chi connectivity index (χ3v) is 2.95. The van der Waals surface area contributed by atoms with E-state index < -0.39 is 0 Å². The zero-order chi connectivity index (χ0) is 11.7. The van der Waals surface area contributed by atoms with Gasteiger partial charge >= 0.3 is 0 Å². The number of anilines is 1. The molecule has 4 heteroatoms. The Balaban J connectivity index is 2.43. The van der Waals surface area contributed by atoms with Gasteiger partial charge in [-0.15, -0.1) is 0 Å². The average Bonchev–Trinajstić information content (AvgIpc) is 2.58. The Kier molecular flexibility index (Phi) is 2.88. The molecule has 1 heterocycles. The molecule has 0 amide bonds. The quantitative estimate of drug-likeness (QED) is 0.870. The minimum Gasteiger partial charge on any atom is -0.384 e. The molecule has 0 aliphatic heterocycles. The molecule has 0 unspecified atom stereocenters. The lowest BCUT2D eigenvalue weighted by atomic mass is 10.1. The molecule has 0 saturated heterocycles. The second-order valence-corrected chi connectivity index (χ2v) is 4.26. The van der Waals surface area contributed by atoms with Crippen molar-refractivity contribution >= 4 is 17.4 Å². The van der Waals surface area contributed by atoms with Crippen molar-refractivity contribution in [1.29, 1.82) is 0 Å². The monoisotopic (exact) mass is 235 g/mol. The number of nitrogens with two attached hydrogens (primary N) is 1. The molecule has 0 saturated carbocycles. The lowest BCUT2D eigenvalue weighted by molar-refractivity contribution is 0.569. The van der Waals surface area contributed by atoms with Gasteiger partial charge in [-0.3, -0.25) is 0 Å². The van der Waals surface area contributed by atoms with Gasteiger partial charge in [0, 0.05) is 11.1 Å². The summed E-state index contributed by atoms with van der Waals surface area (Å²) in [5, 5.41) is 5.10. The first-order chi connectivity index (χ1) is 7.59. The van der Waals surface area contributed by atoms with Crippen molar-refractivity contribution in [2.75, 3.05) is 5.73 Å². The molecule has 16 heavy (non-hydrogen) atoms. The second kappa shape index (κ2) is 4.18. The number of hydrogen-bond acceptors (Lipinski definition) is 2. The van der Waals surface area contributed by atoms with Gasteiger partial charge < -0.3 is 5.73 Å². The number of benzene rings is 1. The fraction of sp³-hybridized carbons (Fsp3) is 0.250. The molecule has 0 aliphatic carbocycles. The zero-order valence-electron chi connectivity index (χ0n) is 9.31. The number of nitrogen functional groups attached to an aromatic ring is 1. The second-order valence-electron chi connectivity index (χ2n) is 3.85. The lowest BCUT2D eigenvalue weighted by Gasteiger charge is -2.15. The normalized spacial score (nSPS) is 12.7. The Labute approximate surface area is 99.8 Å². The van der Waals surface area contributed by atoms with Gasteiger partial charge in [-0.25, -0.2) is 4.68 Å². The minimum atomic E-state index is 0.0439. The van der Waals surface area contributed by atoms with Crippen LogP contribution in [0.5, 0.6) is 0 Å². The van der Waals surface area contributed by atoms with Crippen LogP contribution in [-0.2, 0) is 0 Å². The van der Waals surface area contributed by atoms with Gasteiger partial charge in [0.05, 0.1) is 11.7 Å². The molecule has 84 valence electrons. The molecular formula is C12H14ClN3. The van der Waals surface area contributed by atoms with E-state index in [2.05, 4.69) is 5.10 Å². The SMILES string of the molecule is Cc1cc(N)n([C@@H](C)c2ccccc2Cl)n1. The maximum absolute atomic E-state index is 6.15. The highest BCUT2D eigenvalue weighted by molar-refractivity contribution is 6.31. The van der Waals surface area contributed by atoms with E-state index in [-0.39, 0.29) is 6.04 Å². The minimum absolute atomic E-state index is 0.0439. The van der Waals surface area contributed by atoms with Crippen LogP contribution in [0.2, 0.25) is 5.02 Å². The first-order valence-corrected chi connectivity index (χ1v) is 5.53. The van der Waals surface area contributed by atoms with E-state index in [1.54, 1.807) is 4.68 Å². The van der Waals surface area contributed by atoms with E-state index >= 15 is 0 Å². The Morgan fingerprint density at radius 3 is 2.62 bits per heavy atom. The zero-order valence-corrected chi connectivity index (χ0v) is 10.1. The standard InChI is InChI=1S/C12H14ClN3/c1-8-7-12(14)16(15-8)9(2)10-5-3-4-6-11(10)13/h3-7,9H,14H2,1-2H3/t9-/m0/s1. The van der Waals surface area contributed by atoms with Crippen LogP contribution in [0.1, 0.15) is 24.2 Å². The van der Waals surface area contributed by atoms with Crippen molar-refractivity contribution in [2.24, 2.45) is 0 Å². The Morgan fingerprint density at radius 2 is 2.06 bits per heavy atom. The van der Waals surface area contributed by atoms with Crippen LogP contribution in [0.15, 0.2) is 30.3 Å². The molecule has 2 N–H and O–H groups in total. The van der Waals surface area contributed by atoms with Crippen LogP contribution in [-0.4, -0.2) is 9.78 Å². The van der Waals surface area contributed by atoms with Crippen molar-refractivity contribution < 1.29 is 0 Å². The van der Waals surface area contributed by atoms with Crippen LogP contribution >= 0.6 is 11.6 Å². The van der Waals surface area contributed by atoms with Gasteiger partial charge in [-0.05, 0) is 25.5 Å². The third-order valence-electron chi connectivity index (χ3n) is 2.61. The van der Waals surface area contributed by atoms with Gasteiger partial charge in [0.2, 0.25) is 0 Å². The van der Waals surface area contributed by atoms with E-state index in [0.717, 1.165) is 16.3 Å². The first kappa shape index (κ1) is 11.0. The van der Waals surface area contributed by atoms with Gasteiger partial charge in [0.1, 0.15) is 5.82 Å². The average molecular weight is 236 g/mol. The van der Waals surface area contributed by atoms with Crippen molar-refractivity contribution in [2.45, 2.75) is 19.9 Å². The number of hydrogen-bond donors (Lipinski definition) is 1. The molecule has 1 atom stereocenters. The maximum Gasteiger partial charge on any atom is 0.122 e. The Morgan fingerprint density at radius 1 is 1.38 bits per heavy atom. The van der Waals surface area contributed by atoms with Crippen LogP contribution in [0.3, 0.4) is 0 Å². The summed E-state index contributed by atoms with van der Waals surface area (Å²) < 4.78 is 1.79. The molecule has 2 rings (SSSR count). The lowest BCUT2D eigenvalue weighted by Crippen LogP contribution is -2.11. The van der Waals surface area contributed by atoms with Crippen LogP contribution in [0.25, 0.3) is 0 Å². The molecule has 0 aliphatic rings. The van der Waals surface area contributed by atoms with Gasteiger partial charge in [0.25, 0.3) is 0 Å². The molecule has 0 bridgehead atoms. The van der Waals surface area contributed by atoms with Crippen molar-refractivity contribution in [3.8, 4) is 0 Å². The Bertz CT molecular complexity index is 505. The molecule has 0 spiro atoms. The van der Waals surface area contributed by atoms with Crippen molar-refractivity contribution in [1.82, 2.24) is 9.78 Å². The summed E-state index contributed by atoms with van der Waals surface area (Å²) in [4.78, 5) is 0. The summed E-state index contributed by atoms with van der Waals surface area (Å²) in [6.45, 7) is 3.95. The molecular weight excluding hydrogens is 222 g/mol. The number of nitrogens with zero attached hydrogens (tertiary/aromatic N) is 2. The number of aromatic nitrogens is 2. The van der Waals surface area contributed by atoms with Crippen molar-refractivity contribution in [3.63, 3.8) is 0 Å². The third kappa shape index (κ3) is 1.91. The highest BCUT2D eigenvalue weighted by Crippen LogP contribution is 2.26. The van der Waals surface area contributed by atoms with Gasteiger partial charge in [-0.2, -0.15) is 5.10 Å². The largest absolute Gasteiger partial charge is 0.384 e. The van der Waals surface area contributed by atoms with E-state index in [0.29, 0.717) is 5.82 Å². The summed E-state index contributed by atoms with van der Waals surface area (Å²) in [7, 11) is 0. The number of halogens is 1. The van der Waals surface area contributed by atoms with E-state index in [1.165, 1.54) is 0 Å².